The van der Waals surface area contributed by atoms with E-state index in [4.69, 9.17) is 9.41 Å². The van der Waals surface area contributed by atoms with Gasteiger partial charge in [-0.05, 0) is 136 Å². The number of anilines is 6. The Bertz CT molecular complexity index is 4120. The third kappa shape index (κ3) is 11.3. The number of hydrogen-bond donors (Lipinski definition) is 8. The number of carbonyl (C=O) groups excluding carboxylic acids is 3. The number of nitrogens with zero attached hydrogens (tertiary/aromatic N) is 1. The van der Waals surface area contributed by atoms with Crippen LogP contribution in [0.3, 0.4) is 0 Å². The largest absolute Gasteiger partial charge is 0.456 e. The van der Waals surface area contributed by atoms with Crippen LogP contribution in [0.4, 0.5) is 49.4 Å². The molecule has 1 aliphatic carbocycles. The second-order valence-electron chi connectivity index (χ2n) is 18.1. The highest BCUT2D eigenvalue weighted by molar-refractivity contribution is 7.90. The lowest BCUT2D eigenvalue weighted by molar-refractivity contribution is -0.117. The summed E-state index contributed by atoms with van der Waals surface area (Å²) in [5.74, 6) is -0.935. The molecule has 0 fully saturated rings. The minimum atomic E-state index is -4.92. The molecule has 5 amide bonds. The number of sulfonamides is 1. The maximum absolute atomic E-state index is 14.3. The maximum Gasteiger partial charge on any atom is 0.323 e. The normalized spacial score (nSPS) is 12.1. The molecule has 0 saturated carbocycles. The van der Waals surface area contributed by atoms with E-state index < -0.39 is 62.9 Å². The Labute approximate surface area is 438 Å². The molecule has 0 unspecified atom stereocenters. The van der Waals surface area contributed by atoms with Gasteiger partial charge in [-0.25, -0.2) is 27.7 Å². The summed E-state index contributed by atoms with van der Waals surface area (Å²) in [7, 11) is -14.3. The van der Waals surface area contributed by atoms with Crippen LogP contribution in [0.15, 0.2) is 139 Å². The number of urea groups is 2. The van der Waals surface area contributed by atoms with Crippen LogP contribution < -0.4 is 36.7 Å². The fraction of sp³-hybridized carbons (Fsp3) is 0.148. The van der Waals surface area contributed by atoms with Crippen LogP contribution in [0.25, 0.3) is 33.4 Å². The Balaban J connectivity index is 1.33. The van der Waals surface area contributed by atoms with E-state index in [9.17, 15) is 48.7 Å². The molecule has 0 aromatic heterocycles. The molecule has 6 aromatic rings. The van der Waals surface area contributed by atoms with Crippen molar-refractivity contribution in [1.29, 1.82) is 0 Å². The first-order chi connectivity index (χ1) is 35.7. The molecular formula is C54H51N7O12S3. The first-order valence-electron chi connectivity index (χ1n) is 23.2. The molecule has 22 heteroatoms. The zero-order valence-electron chi connectivity index (χ0n) is 42.1. The van der Waals surface area contributed by atoms with Crippen molar-refractivity contribution in [3.05, 3.63) is 160 Å². The number of carbonyl (C=O) groups is 3. The molecule has 8 N–H and O–H groups in total. The molecule has 1 heterocycles. The quantitative estimate of drug-likeness (QED) is 0.0418. The van der Waals surface area contributed by atoms with Crippen molar-refractivity contribution in [1.82, 2.24) is 4.72 Å². The zero-order chi connectivity index (χ0) is 55.2. The van der Waals surface area contributed by atoms with Gasteiger partial charge in [0.25, 0.3) is 30.3 Å². The van der Waals surface area contributed by atoms with Gasteiger partial charge in [0, 0.05) is 63.9 Å². The number of amides is 5. The number of rotatable bonds is 12. The summed E-state index contributed by atoms with van der Waals surface area (Å²) in [5.41, 5.74) is 7.67. The lowest BCUT2D eigenvalue weighted by Gasteiger charge is -2.22. The standard InChI is InChI=1S/C54H51N7O12S3/c1-28-23-40-44(26-42(28)57-49-29(2)21-31(4)51(33(49)6)59-53(63)55-36-15-10-9-11-16-36)73-45-27-43(47(74(65,66)61-35(8)62)25-41(45)48(40)39-19-12-13-20-46(39)76(70,71)72)58-50-30(3)22-32(5)52(34(50)7)60-54(64)56-37-17-14-18-38(24-37)75(67,68)69/h9-27,57H,1-8H3,(H,61,62)(H2,55,59,63)(H2,56,60,64)(H,67,68,69)(H,70,71,72)/b58-43-. The van der Waals surface area contributed by atoms with Crippen LogP contribution >= 0.6 is 0 Å². The molecule has 0 spiro atoms. The van der Waals surface area contributed by atoms with E-state index in [1.54, 1.807) is 76.2 Å². The molecule has 0 radical (unpaired) electrons. The number of benzene rings is 7. The van der Waals surface area contributed by atoms with Gasteiger partial charge in [-0.15, -0.1) is 0 Å². The van der Waals surface area contributed by atoms with Gasteiger partial charge in [0.05, 0.1) is 27.3 Å². The van der Waals surface area contributed by atoms with Crippen LogP contribution in [0, 0.1) is 48.5 Å². The zero-order valence-corrected chi connectivity index (χ0v) is 44.6. The lowest BCUT2D eigenvalue weighted by Crippen LogP contribution is -2.32. The van der Waals surface area contributed by atoms with E-state index in [-0.39, 0.29) is 50.5 Å². The minimum absolute atomic E-state index is 0.00570. The average Bonchev–Trinajstić information content (AvgIpc) is 3.33. The van der Waals surface area contributed by atoms with Gasteiger partial charge in [0.15, 0.2) is 0 Å². The van der Waals surface area contributed by atoms with Gasteiger partial charge < -0.3 is 31.0 Å². The van der Waals surface area contributed by atoms with E-state index in [2.05, 4.69) is 26.6 Å². The third-order valence-electron chi connectivity index (χ3n) is 12.4. The van der Waals surface area contributed by atoms with Crippen molar-refractivity contribution >= 4 is 99.0 Å². The number of para-hydroxylation sites is 1. The van der Waals surface area contributed by atoms with Crippen molar-refractivity contribution in [3.63, 3.8) is 0 Å². The van der Waals surface area contributed by atoms with Gasteiger partial charge in [-0.2, -0.15) is 16.8 Å². The number of fused-ring (bicyclic) bond motifs is 2. The molecular weight excluding hydrogens is 1030 g/mol. The van der Waals surface area contributed by atoms with Crippen LogP contribution in [-0.4, -0.2) is 52.3 Å². The first-order valence-corrected chi connectivity index (χ1v) is 27.5. The summed E-state index contributed by atoms with van der Waals surface area (Å²) in [5, 5.41) is 14.7. The van der Waals surface area contributed by atoms with Gasteiger partial charge in [-0.3, -0.25) is 13.9 Å². The van der Waals surface area contributed by atoms with Crippen LogP contribution in [0.5, 0.6) is 0 Å². The minimum Gasteiger partial charge on any atom is -0.456 e. The summed E-state index contributed by atoms with van der Waals surface area (Å²) in [4.78, 5) is 42.5. The Morgan fingerprint density at radius 3 is 1.78 bits per heavy atom. The van der Waals surface area contributed by atoms with Crippen LogP contribution in [0.1, 0.15) is 45.9 Å². The van der Waals surface area contributed by atoms with E-state index in [0.717, 1.165) is 30.2 Å². The monoisotopic (exact) mass is 1090 g/mol. The molecule has 76 heavy (non-hydrogen) atoms. The molecule has 19 nitrogen and oxygen atoms in total. The number of hydrogen-bond acceptors (Lipinski definition) is 12. The van der Waals surface area contributed by atoms with Gasteiger partial charge in [0.1, 0.15) is 21.1 Å². The maximum atomic E-state index is 14.3. The van der Waals surface area contributed by atoms with Crippen molar-refractivity contribution in [3.8, 4) is 22.5 Å². The molecule has 1 aliphatic heterocycles. The summed E-state index contributed by atoms with van der Waals surface area (Å²) in [6.45, 7) is 13.5. The molecule has 392 valence electrons. The highest BCUT2D eigenvalue weighted by Gasteiger charge is 2.29. The molecule has 0 bridgehead atoms. The second-order valence-corrected chi connectivity index (χ2v) is 22.6. The first kappa shape index (κ1) is 53.9. The molecule has 0 atom stereocenters. The number of aryl methyl sites for hydroxylation is 5. The Hall–Kier alpha value is -8.41. The van der Waals surface area contributed by atoms with Crippen molar-refractivity contribution < 1.29 is 53.2 Å². The number of nitrogens with one attached hydrogen (secondary N) is 6. The SMILES string of the molecule is CC(=O)NS(=O)(=O)c1cc2c(-c3ccccc3S(=O)(=O)O)c3cc(C)c(Nc4c(C)cc(C)c(NC(=O)Nc5ccccc5)c4C)cc3oc-2c/c1=N/c1c(C)cc(C)c(NC(=O)Nc2cccc(S(=O)(=O)O)c2)c1C. The average molecular weight is 1090 g/mol. The molecule has 8 rings (SSSR count). The van der Waals surface area contributed by atoms with Crippen molar-refractivity contribution in [2.45, 2.75) is 70.1 Å². The van der Waals surface area contributed by atoms with Gasteiger partial charge in [0.2, 0.25) is 5.91 Å². The molecule has 2 aliphatic rings. The van der Waals surface area contributed by atoms with E-state index >= 15 is 0 Å². The van der Waals surface area contributed by atoms with Crippen molar-refractivity contribution in [2.24, 2.45) is 4.99 Å². The molecule has 6 aromatic carbocycles. The van der Waals surface area contributed by atoms with E-state index in [1.165, 1.54) is 42.5 Å². The van der Waals surface area contributed by atoms with Crippen molar-refractivity contribution in [2.75, 3.05) is 26.6 Å². The van der Waals surface area contributed by atoms with Gasteiger partial charge >= 0.3 is 12.1 Å². The van der Waals surface area contributed by atoms with E-state index in [1.807, 2.05) is 37.6 Å². The summed E-state index contributed by atoms with van der Waals surface area (Å²) in [6, 6.07) is 27.9. The highest BCUT2D eigenvalue weighted by Crippen LogP contribution is 2.45. The summed E-state index contributed by atoms with van der Waals surface area (Å²) in [6.07, 6.45) is 0. The van der Waals surface area contributed by atoms with Crippen LogP contribution in [0.2, 0.25) is 0 Å². The summed E-state index contributed by atoms with van der Waals surface area (Å²) < 4.78 is 107. The Kier molecular flexibility index (Phi) is 14.7. The predicted octanol–water partition coefficient (Wildman–Crippen LogP) is 10.9. The smallest absolute Gasteiger partial charge is 0.323 e. The van der Waals surface area contributed by atoms with Crippen LogP contribution in [-0.2, 0) is 35.1 Å². The third-order valence-corrected chi connectivity index (χ3v) is 15.7. The fourth-order valence-electron chi connectivity index (χ4n) is 9.10. The Morgan fingerprint density at radius 1 is 0.539 bits per heavy atom. The highest BCUT2D eigenvalue weighted by atomic mass is 32.2. The summed E-state index contributed by atoms with van der Waals surface area (Å²) >= 11 is 0. The second kappa shape index (κ2) is 20.7. The predicted molar refractivity (Wildman–Crippen MR) is 292 cm³/mol. The lowest BCUT2D eigenvalue weighted by atomic mass is 9.92. The molecule has 0 saturated heterocycles. The van der Waals surface area contributed by atoms with E-state index in [0.29, 0.717) is 56.0 Å². The topological polar surface area (TPSA) is 292 Å². The fourth-order valence-corrected chi connectivity index (χ4v) is 11.5. The Morgan fingerprint density at radius 2 is 1.13 bits per heavy atom. The van der Waals surface area contributed by atoms with Gasteiger partial charge in [-0.1, -0.05) is 54.6 Å².